The van der Waals surface area contributed by atoms with Gasteiger partial charge in [-0.1, -0.05) is 18.2 Å². The molecule has 0 aliphatic rings. The van der Waals surface area contributed by atoms with Gasteiger partial charge in [0.05, 0.1) is 12.7 Å². The standard InChI is InChI=1S/C24H21F3N2O4/c1-32-20-9-5-16(6-10-20)14-28-22(30)15-33-21-11-7-17(8-12-21)23(31)29-19-4-2-3-18(13-19)24(25,26)27/h2-13H,14-15H2,1H3,(H,28,30)(H,29,31). The number of hydrogen-bond donors (Lipinski definition) is 2. The van der Waals surface area contributed by atoms with Crippen molar-refractivity contribution in [1.82, 2.24) is 5.32 Å². The van der Waals surface area contributed by atoms with Gasteiger partial charge in [0, 0.05) is 17.8 Å². The maximum atomic E-state index is 12.8. The van der Waals surface area contributed by atoms with Gasteiger partial charge in [0.25, 0.3) is 11.8 Å². The van der Waals surface area contributed by atoms with Gasteiger partial charge in [0.15, 0.2) is 6.61 Å². The van der Waals surface area contributed by atoms with Crippen LogP contribution < -0.4 is 20.1 Å². The van der Waals surface area contributed by atoms with E-state index in [1.807, 2.05) is 12.1 Å². The van der Waals surface area contributed by atoms with Crippen LogP contribution in [0.3, 0.4) is 0 Å². The quantitative estimate of drug-likeness (QED) is 0.515. The van der Waals surface area contributed by atoms with Gasteiger partial charge in [-0.15, -0.1) is 0 Å². The third-order valence-electron chi connectivity index (χ3n) is 4.58. The predicted molar refractivity (Wildman–Crippen MR) is 116 cm³/mol. The Balaban J connectivity index is 1.48. The van der Waals surface area contributed by atoms with E-state index in [2.05, 4.69) is 10.6 Å². The minimum atomic E-state index is -4.50. The first-order chi connectivity index (χ1) is 15.7. The van der Waals surface area contributed by atoms with Crippen molar-refractivity contribution in [3.05, 3.63) is 89.5 Å². The fourth-order valence-corrected chi connectivity index (χ4v) is 2.82. The van der Waals surface area contributed by atoms with E-state index in [-0.39, 0.29) is 23.8 Å². The van der Waals surface area contributed by atoms with E-state index in [4.69, 9.17) is 9.47 Å². The number of alkyl halides is 3. The lowest BCUT2D eigenvalue weighted by Crippen LogP contribution is -2.28. The van der Waals surface area contributed by atoms with Gasteiger partial charge in [-0.25, -0.2) is 0 Å². The average molecular weight is 458 g/mol. The van der Waals surface area contributed by atoms with E-state index in [1.54, 1.807) is 19.2 Å². The summed E-state index contributed by atoms with van der Waals surface area (Å²) in [5, 5.41) is 5.16. The number of rotatable bonds is 8. The minimum Gasteiger partial charge on any atom is -0.497 e. The molecule has 0 bridgehead atoms. The molecule has 0 spiro atoms. The number of benzene rings is 3. The lowest BCUT2D eigenvalue weighted by atomic mass is 10.1. The molecule has 9 heteroatoms. The highest BCUT2D eigenvalue weighted by molar-refractivity contribution is 6.04. The maximum absolute atomic E-state index is 12.8. The molecule has 2 N–H and O–H groups in total. The van der Waals surface area contributed by atoms with Crippen LogP contribution in [-0.2, 0) is 17.5 Å². The van der Waals surface area contributed by atoms with E-state index in [0.29, 0.717) is 12.3 Å². The van der Waals surface area contributed by atoms with Crippen molar-refractivity contribution in [2.75, 3.05) is 19.0 Å². The summed E-state index contributed by atoms with van der Waals surface area (Å²) < 4.78 is 48.9. The van der Waals surface area contributed by atoms with Crippen molar-refractivity contribution in [3.8, 4) is 11.5 Å². The summed E-state index contributed by atoms with van der Waals surface area (Å²) in [5.41, 5.74) is 0.307. The fraction of sp³-hybridized carbons (Fsp3) is 0.167. The second-order valence-corrected chi connectivity index (χ2v) is 6.97. The van der Waals surface area contributed by atoms with Crippen molar-refractivity contribution >= 4 is 17.5 Å². The largest absolute Gasteiger partial charge is 0.497 e. The molecule has 0 radical (unpaired) electrons. The number of hydrogen-bond acceptors (Lipinski definition) is 4. The van der Waals surface area contributed by atoms with E-state index in [1.165, 1.54) is 36.4 Å². The number of methoxy groups -OCH3 is 1. The molecule has 33 heavy (non-hydrogen) atoms. The smallest absolute Gasteiger partial charge is 0.416 e. The molecular weight excluding hydrogens is 437 g/mol. The Bertz CT molecular complexity index is 1100. The third kappa shape index (κ3) is 6.99. The minimum absolute atomic E-state index is 0.0312. The van der Waals surface area contributed by atoms with Gasteiger partial charge in [-0.3, -0.25) is 9.59 Å². The topological polar surface area (TPSA) is 76.7 Å². The average Bonchev–Trinajstić information content (AvgIpc) is 2.81. The van der Waals surface area contributed by atoms with Crippen LogP contribution >= 0.6 is 0 Å². The highest BCUT2D eigenvalue weighted by atomic mass is 19.4. The highest BCUT2D eigenvalue weighted by Gasteiger charge is 2.30. The Morgan fingerprint density at radius 1 is 0.909 bits per heavy atom. The van der Waals surface area contributed by atoms with Crippen molar-refractivity contribution in [1.29, 1.82) is 0 Å². The molecule has 0 aliphatic carbocycles. The molecule has 172 valence electrons. The molecule has 0 aliphatic heterocycles. The first-order valence-corrected chi connectivity index (χ1v) is 9.86. The SMILES string of the molecule is COc1ccc(CNC(=O)COc2ccc(C(=O)Nc3cccc(C(F)(F)F)c3)cc2)cc1. The van der Waals surface area contributed by atoms with Crippen molar-refractivity contribution in [3.63, 3.8) is 0 Å². The molecule has 0 heterocycles. The Hall–Kier alpha value is -4.01. The van der Waals surface area contributed by atoms with Crippen molar-refractivity contribution in [2.45, 2.75) is 12.7 Å². The number of anilines is 1. The summed E-state index contributed by atoms with van der Waals surface area (Å²) in [6.07, 6.45) is -4.50. The van der Waals surface area contributed by atoms with Crippen LogP contribution in [0.4, 0.5) is 18.9 Å². The van der Waals surface area contributed by atoms with Gasteiger partial charge in [0.1, 0.15) is 11.5 Å². The summed E-state index contributed by atoms with van der Waals surface area (Å²) in [5.74, 6) is 0.195. The number of halogens is 3. The van der Waals surface area contributed by atoms with Gasteiger partial charge in [-0.05, 0) is 60.2 Å². The van der Waals surface area contributed by atoms with Gasteiger partial charge >= 0.3 is 6.18 Å². The van der Waals surface area contributed by atoms with Gasteiger partial charge in [-0.2, -0.15) is 13.2 Å². The zero-order chi connectivity index (χ0) is 23.8. The summed E-state index contributed by atoms with van der Waals surface area (Å²) in [6, 6.07) is 17.5. The molecule has 0 atom stereocenters. The van der Waals surface area contributed by atoms with E-state index < -0.39 is 17.6 Å². The van der Waals surface area contributed by atoms with Crippen LogP contribution in [0.1, 0.15) is 21.5 Å². The predicted octanol–water partition coefficient (Wildman–Crippen LogP) is 4.66. The molecule has 3 rings (SSSR count). The molecular formula is C24H21F3N2O4. The Morgan fingerprint density at radius 3 is 2.21 bits per heavy atom. The van der Waals surface area contributed by atoms with Crippen LogP contribution in [0.5, 0.6) is 11.5 Å². The Kier molecular flexibility index (Phi) is 7.55. The van der Waals surface area contributed by atoms with Crippen LogP contribution in [-0.4, -0.2) is 25.5 Å². The van der Waals surface area contributed by atoms with Crippen molar-refractivity contribution < 1.29 is 32.2 Å². The second-order valence-electron chi connectivity index (χ2n) is 6.97. The second kappa shape index (κ2) is 10.5. The van der Waals surface area contributed by atoms with E-state index >= 15 is 0 Å². The molecule has 0 aromatic heterocycles. The zero-order valence-electron chi connectivity index (χ0n) is 17.6. The van der Waals surface area contributed by atoms with Crippen LogP contribution in [0.25, 0.3) is 0 Å². The van der Waals surface area contributed by atoms with Crippen LogP contribution in [0.2, 0.25) is 0 Å². The molecule has 3 aromatic carbocycles. The number of nitrogens with one attached hydrogen (secondary N) is 2. The molecule has 3 aromatic rings. The Morgan fingerprint density at radius 2 is 1.58 bits per heavy atom. The van der Waals surface area contributed by atoms with Crippen LogP contribution in [0.15, 0.2) is 72.8 Å². The highest BCUT2D eigenvalue weighted by Crippen LogP contribution is 2.30. The van der Waals surface area contributed by atoms with E-state index in [9.17, 15) is 22.8 Å². The maximum Gasteiger partial charge on any atom is 0.416 e. The number of ether oxygens (including phenoxy) is 2. The van der Waals surface area contributed by atoms with E-state index in [0.717, 1.165) is 23.4 Å². The molecule has 2 amide bonds. The third-order valence-corrected chi connectivity index (χ3v) is 4.58. The Labute approximate surface area is 188 Å². The summed E-state index contributed by atoms with van der Waals surface area (Å²) in [7, 11) is 1.57. The normalized spacial score (nSPS) is 10.9. The molecule has 0 saturated heterocycles. The first-order valence-electron chi connectivity index (χ1n) is 9.86. The molecule has 6 nitrogen and oxygen atoms in total. The lowest BCUT2D eigenvalue weighted by molar-refractivity contribution is -0.137. The number of carbonyl (C=O) groups is 2. The number of carbonyl (C=O) groups excluding carboxylic acids is 2. The summed E-state index contributed by atoms with van der Waals surface area (Å²) in [6.45, 7) is 0.118. The molecule has 0 fully saturated rings. The monoisotopic (exact) mass is 458 g/mol. The zero-order valence-corrected chi connectivity index (χ0v) is 17.6. The lowest BCUT2D eigenvalue weighted by Gasteiger charge is -2.11. The van der Waals surface area contributed by atoms with Gasteiger partial charge in [0.2, 0.25) is 0 Å². The van der Waals surface area contributed by atoms with Gasteiger partial charge < -0.3 is 20.1 Å². The summed E-state index contributed by atoms with van der Waals surface area (Å²) in [4.78, 5) is 24.3. The number of amides is 2. The molecule has 0 unspecified atom stereocenters. The van der Waals surface area contributed by atoms with Crippen molar-refractivity contribution in [2.24, 2.45) is 0 Å². The molecule has 0 saturated carbocycles. The van der Waals surface area contributed by atoms with Crippen LogP contribution in [0, 0.1) is 0 Å². The first kappa shape index (κ1) is 23.6. The summed E-state index contributed by atoms with van der Waals surface area (Å²) >= 11 is 0. The fourth-order valence-electron chi connectivity index (χ4n) is 2.82.